The van der Waals surface area contributed by atoms with Gasteiger partial charge >= 0.3 is 0 Å². The molecule has 2 amide bonds. The maximum absolute atomic E-state index is 13.1. The summed E-state index contributed by atoms with van der Waals surface area (Å²) in [4.78, 5) is 39.1. The summed E-state index contributed by atoms with van der Waals surface area (Å²) in [6, 6.07) is 2.29. The van der Waals surface area contributed by atoms with Crippen molar-refractivity contribution < 1.29 is 9.59 Å². The highest BCUT2D eigenvalue weighted by molar-refractivity contribution is 7.07. The van der Waals surface area contributed by atoms with Gasteiger partial charge in [0, 0.05) is 30.5 Å². The zero-order valence-corrected chi connectivity index (χ0v) is 18.9. The van der Waals surface area contributed by atoms with Crippen molar-refractivity contribution in [2.45, 2.75) is 82.8 Å². The molecule has 0 radical (unpaired) electrons. The van der Waals surface area contributed by atoms with E-state index >= 15 is 0 Å². The number of nitrogens with zero attached hydrogens (tertiary/aromatic N) is 1. The Morgan fingerprint density at radius 2 is 1.74 bits per heavy atom. The van der Waals surface area contributed by atoms with Crippen LogP contribution in [0.4, 0.5) is 0 Å². The van der Waals surface area contributed by atoms with Crippen LogP contribution in [0.15, 0.2) is 34.0 Å². The first-order chi connectivity index (χ1) is 15.0. The van der Waals surface area contributed by atoms with Crippen molar-refractivity contribution in [3.05, 3.63) is 56.1 Å². The number of rotatable bonds is 7. The van der Waals surface area contributed by atoms with Gasteiger partial charge in [-0.15, -0.1) is 0 Å². The van der Waals surface area contributed by atoms with Crippen molar-refractivity contribution in [1.82, 2.24) is 15.2 Å². The molecule has 0 unspecified atom stereocenters. The highest BCUT2D eigenvalue weighted by atomic mass is 32.1. The van der Waals surface area contributed by atoms with Crippen LogP contribution < -0.4 is 16.1 Å². The lowest BCUT2D eigenvalue weighted by Gasteiger charge is -2.18. The average Bonchev–Trinajstić information content (AvgIpc) is 3.51. The van der Waals surface area contributed by atoms with Crippen molar-refractivity contribution in [3.8, 4) is 0 Å². The largest absolute Gasteiger partial charge is 0.349 e. The van der Waals surface area contributed by atoms with Gasteiger partial charge in [0.25, 0.3) is 11.8 Å². The fourth-order valence-corrected chi connectivity index (χ4v) is 4.99. The zero-order valence-electron chi connectivity index (χ0n) is 18.1. The minimum atomic E-state index is -0.483. The van der Waals surface area contributed by atoms with Crippen molar-refractivity contribution >= 4 is 23.2 Å². The van der Waals surface area contributed by atoms with E-state index in [1.54, 1.807) is 23.7 Å². The molecule has 2 N–H and O–H groups in total. The molecule has 0 spiro atoms. The van der Waals surface area contributed by atoms with E-state index in [-0.39, 0.29) is 35.2 Å². The quantitative estimate of drug-likeness (QED) is 0.636. The minimum absolute atomic E-state index is 0.0533. The van der Waals surface area contributed by atoms with Crippen LogP contribution >= 0.6 is 11.3 Å². The topological polar surface area (TPSA) is 80.2 Å². The van der Waals surface area contributed by atoms with Gasteiger partial charge in [0.1, 0.15) is 11.1 Å². The molecule has 2 aliphatic rings. The number of nitrogens with one attached hydrogen (secondary N) is 2. The van der Waals surface area contributed by atoms with Crippen LogP contribution in [0, 0.1) is 0 Å². The van der Waals surface area contributed by atoms with Crippen LogP contribution in [-0.4, -0.2) is 28.5 Å². The molecule has 1 atom stereocenters. The standard InChI is InChI=1S/C24H31N3O3S/c1-16(12-17-10-11-31-15-17)25-23(29)20-13-27(19-8-9-19)14-21(22(20)28)24(30)26-18-6-4-2-3-5-7-18/h10-11,13-16,18-19H,2-9,12H2,1H3,(H,25,29)(H,26,30)/t16-/m0/s1. The summed E-state index contributed by atoms with van der Waals surface area (Å²) >= 11 is 1.62. The van der Waals surface area contributed by atoms with E-state index in [0.29, 0.717) is 6.42 Å². The fraction of sp³-hybridized carbons (Fsp3) is 0.542. The number of hydrogen-bond donors (Lipinski definition) is 2. The molecular weight excluding hydrogens is 410 g/mol. The first-order valence-corrected chi connectivity index (χ1v) is 12.3. The molecule has 166 valence electrons. The molecule has 4 rings (SSSR count). The smallest absolute Gasteiger partial charge is 0.256 e. The van der Waals surface area contributed by atoms with Crippen LogP contribution in [0.2, 0.25) is 0 Å². The normalized spacial score (nSPS) is 18.2. The number of thiophene rings is 1. The first kappa shape index (κ1) is 21.8. The summed E-state index contributed by atoms with van der Waals surface area (Å²) in [5.74, 6) is -0.765. The minimum Gasteiger partial charge on any atom is -0.349 e. The van der Waals surface area contributed by atoms with E-state index in [4.69, 9.17) is 0 Å². The summed E-state index contributed by atoms with van der Waals surface area (Å²) in [7, 11) is 0. The van der Waals surface area contributed by atoms with E-state index in [9.17, 15) is 14.4 Å². The molecule has 0 aliphatic heterocycles. The molecule has 7 heteroatoms. The molecule has 31 heavy (non-hydrogen) atoms. The summed E-state index contributed by atoms with van der Waals surface area (Å²) in [5, 5.41) is 10.1. The summed E-state index contributed by atoms with van der Waals surface area (Å²) in [5.41, 5.74) is 0.805. The molecule has 0 aromatic carbocycles. The van der Waals surface area contributed by atoms with Gasteiger partial charge in [-0.3, -0.25) is 14.4 Å². The number of carbonyl (C=O) groups excluding carboxylic acids is 2. The van der Waals surface area contributed by atoms with Crippen LogP contribution in [0.5, 0.6) is 0 Å². The van der Waals surface area contributed by atoms with Crippen LogP contribution in [-0.2, 0) is 6.42 Å². The maximum atomic E-state index is 13.1. The third-order valence-corrected chi connectivity index (χ3v) is 6.93. The molecule has 2 fully saturated rings. The van der Waals surface area contributed by atoms with Gasteiger partial charge in [-0.1, -0.05) is 25.7 Å². The molecule has 2 aliphatic carbocycles. The average molecular weight is 442 g/mol. The van der Waals surface area contributed by atoms with Crippen LogP contribution in [0.1, 0.15) is 90.6 Å². The van der Waals surface area contributed by atoms with Gasteiger partial charge in [0.05, 0.1) is 0 Å². The molecule has 2 aromatic rings. The zero-order chi connectivity index (χ0) is 21.8. The van der Waals surface area contributed by atoms with Gasteiger partial charge in [-0.05, 0) is 61.4 Å². The Kier molecular flexibility index (Phi) is 6.90. The van der Waals surface area contributed by atoms with Gasteiger partial charge in [-0.2, -0.15) is 11.3 Å². The molecule has 2 saturated carbocycles. The second-order valence-electron chi connectivity index (χ2n) is 8.97. The van der Waals surface area contributed by atoms with Crippen molar-refractivity contribution in [3.63, 3.8) is 0 Å². The van der Waals surface area contributed by atoms with E-state index in [1.807, 2.05) is 22.9 Å². The monoisotopic (exact) mass is 441 g/mol. The molecule has 6 nitrogen and oxygen atoms in total. The van der Waals surface area contributed by atoms with Crippen molar-refractivity contribution in [1.29, 1.82) is 0 Å². The molecule has 0 bridgehead atoms. The SMILES string of the molecule is C[C@@H](Cc1ccsc1)NC(=O)c1cn(C2CC2)cc(C(=O)NC2CCCCCC2)c1=O. The number of pyridine rings is 1. The summed E-state index contributed by atoms with van der Waals surface area (Å²) < 4.78 is 1.88. The lowest BCUT2D eigenvalue weighted by molar-refractivity contribution is 0.0931. The summed E-state index contributed by atoms with van der Waals surface area (Å²) in [6.45, 7) is 1.93. The van der Waals surface area contributed by atoms with E-state index in [1.165, 1.54) is 12.8 Å². The molecule has 2 heterocycles. The number of carbonyl (C=O) groups is 2. The lowest BCUT2D eigenvalue weighted by Crippen LogP contribution is -2.41. The second-order valence-corrected chi connectivity index (χ2v) is 9.75. The Hall–Kier alpha value is -2.41. The Morgan fingerprint density at radius 1 is 1.06 bits per heavy atom. The van der Waals surface area contributed by atoms with Gasteiger partial charge in [0.15, 0.2) is 0 Å². The first-order valence-electron chi connectivity index (χ1n) is 11.4. The van der Waals surface area contributed by atoms with Gasteiger partial charge in [0.2, 0.25) is 5.43 Å². The van der Waals surface area contributed by atoms with E-state index < -0.39 is 11.3 Å². The maximum Gasteiger partial charge on any atom is 0.256 e. The molecule has 0 saturated heterocycles. The predicted octanol–water partition coefficient (Wildman–Crippen LogP) is 4.06. The third-order valence-electron chi connectivity index (χ3n) is 6.19. The third kappa shape index (κ3) is 5.64. The second kappa shape index (κ2) is 9.81. The Morgan fingerprint density at radius 3 is 2.35 bits per heavy atom. The van der Waals surface area contributed by atoms with Crippen molar-refractivity contribution in [2.75, 3.05) is 0 Å². The Bertz CT molecular complexity index is 970. The predicted molar refractivity (Wildman–Crippen MR) is 123 cm³/mol. The highest BCUT2D eigenvalue weighted by Gasteiger charge is 2.28. The molecule has 2 aromatic heterocycles. The van der Waals surface area contributed by atoms with Gasteiger partial charge in [-0.25, -0.2) is 0 Å². The fourth-order valence-electron chi connectivity index (χ4n) is 4.31. The van der Waals surface area contributed by atoms with Crippen LogP contribution in [0.3, 0.4) is 0 Å². The van der Waals surface area contributed by atoms with Crippen molar-refractivity contribution in [2.24, 2.45) is 0 Å². The lowest BCUT2D eigenvalue weighted by atomic mass is 10.1. The van der Waals surface area contributed by atoms with E-state index in [2.05, 4.69) is 16.0 Å². The number of hydrogen-bond acceptors (Lipinski definition) is 4. The number of amides is 2. The van der Waals surface area contributed by atoms with Gasteiger partial charge < -0.3 is 15.2 Å². The highest BCUT2D eigenvalue weighted by Crippen LogP contribution is 2.34. The Labute approximate surface area is 187 Å². The number of aromatic nitrogens is 1. The van der Waals surface area contributed by atoms with E-state index in [0.717, 1.165) is 44.1 Å². The summed E-state index contributed by atoms with van der Waals surface area (Å²) in [6.07, 6.45) is 12.4. The molecular formula is C24H31N3O3S. The van der Waals surface area contributed by atoms with Crippen LogP contribution in [0.25, 0.3) is 0 Å². The Balaban J connectivity index is 1.53.